The fraction of sp³-hybridized carbons (Fsp3) is 0.739. The molecule has 12 unspecified atom stereocenters. The number of aliphatic hydroxyl groups is 8. The van der Waals surface area contributed by atoms with Crippen molar-refractivity contribution in [3.63, 3.8) is 0 Å². The van der Waals surface area contributed by atoms with Gasteiger partial charge in [0.2, 0.25) is 5.91 Å². The van der Waals surface area contributed by atoms with Crippen LogP contribution in [-0.4, -0.2) is 140 Å². The minimum absolute atomic E-state index is 0.256. The number of ether oxygens (including phenoxy) is 4. The molecular weight excluding hydrogens is 1280 g/mol. The molecule has 0 bridgehead atoms. The largest absolute Gasteiger partial charge is 0.394 e. The Kier molecular flexibility index (Phi) is 64.8. The Labute approximate surface area is 621 Å². The fourth-order valence-electron chi connectivity index (χ4n) is 12.8. The molecule has 0 aromatic rings. The van der Waals surface area contributed by atoms with Crippen molar-refractivity contribution in [2.45, 2.75) is 396 Å². The van der Waals surface area contributed by atoms with Crippen LogP contribution in [0.15, 0.2) is 134 Å². The molecule has 0 aromatic carbocycles. The molecule has 2 rings (SSSR count). The number of carbonyl (C=O) groups excluding carboxylic acids is 1. The first-order valence-electron chi connectivity index (χ1n) is 41.4. The van der Waals surface area contributed by atoms with Crippen LogP contribution in [0.4, 0.5) is 0 Å². The zero-order chi connectivity index (χ0) is 73.7. The third kappa shape index (κ3) is 52.2. The van der Waals surface area contributed by atoms with Gasteiger partial charge in [-0.2, -0.15) is 0 Å². The third-order valence-corrected chi connectivity index (χ3v) is 19.3. The Morgan fingerprint density at radius 3 is 1.08 bits per heavy atom. The maximum atomic E-state index is 13.4. The maximum absolute atomic E-state index is 13.4. The Bertz CT molecular complexity index is 2230. The van der Waals surface area contributed by atoms with E-state index < -0.39 is 86.8 Å². The Hall–Kier alpha value is -3.87. The van der Waals surface area contributed by atoms with Gasteiger partial charge in [0.05, 0.1) is 32.0 Å². The maximum Gasteiger partial charge on any atom is 0.220 e. The number of unbranched alkanes of at least 4 members (excludes halogenated alkanes) is 35. The van der Waals surface area contributed by atoms with Gasteiger partial charge < -0.3 is 65.1 Å². The van der Waals surface area contributed by atoms with E-state index in [-0.39, 0.29) is 18.9 Å². The summed E-state index contributed by atoms with van der Waals surface area (Å²) in [5, 5.41) is 87.7. The number of nitrogens with one attached hydrogen (secondary N) is 1. The molecule has 2 saturated heterocycles. The summed E-state index contributed by atoms with van der Waals surface area (Å²) in [5.41, 5.74) is 0. The second-order valence-electron chi connectivity index (χ2n) is 28.5. The molecule has 0 radical (unpaired) electrons. The summed E-state index contributed by atoms with van der Waals surface area (Å²) >= 11 is 0. The van der Waals surface area contributed by atoms with Crippen LogP contribution in [0, 0.1) is 0 Å². The van der Waals surface area contributed by atoms with Crippen LogP contribution >= 0.6 is 0 Å². The number of hydrogen-bond acceptors (Lipinski definition) is 13. The van der Waals surface area contributed by atoms with Gasteiger partial charge in [-0.15, -0.1) is 0 Å². The first-order valence-corrected chi connectivity index (χ1v) is 41.4. The van der Waals surface area contributed by atoms with E-state index in [0.717, 1.165) is 103 Å². The number of aliphatic hydroxyl groups excluding tert-OH is 8. The number of rotatable bonds is 68. The molecule has 14 nitrogen and oxygen atoms in total. The molecule has 0 aromatic heterocycles. The van der Waals surface area contributed by atoms with Crippen molar-refractivity contribution in [1.82, 2.24) is 5.32 Å². The van der Waals surface area contributed by atoms with E-state index in [2.05, 4.69) is 141 Å². The van der Waals surface area contributed by atoms with E-state index >= 15 is 0 Å². The lowest BCUT2D eigenvalue weighted by Gasteiger charge is -2.46. The highest BCUT2D eigenvalue weighted by atomic mass is 16.7. The molecule has 586 valence electrons. The summed E-state index contributed by atoms with van der Waals surface area (Å²) in [4.78, 5) is 13.4. The molecule has 12 atom stereocenters. The van der Waals surface area contributed by atoms with E-state index in [4.69, 9.17) is 18.9 Å². The minimum atomic E-state index is -1.80. The summed E-state index contributed by atoms with van der Waals surface area (Å²) in [7, 11) is 0. The summed E-state index contributed by atoms with van der Waals surface area (Å²) in [6.07, 6.45) is 88.2. The SMILES string of the molecule is CC/C=C\C/C=C\C/C=C\C/C=C\C/C=C\C/C=C\C/C=C\C/C=C\CCCCCCCCCCCCC(=O)NC(COC1OC(CO)C(OC2OC(CO)C(O)C(O)C2O)C(O)C1O)C(O)/C=C/CC/C=C/CC/C=C/CCCCCCCCCCCCCCCCCCCCCCCCC. The highest BCUT2D eigenvalue weighted by molar-refractivity contribution is 5.76. The summed E-state index contributed by atoms with van der Waals surface area (Å²) in [6, 6.07) is -0.952. The van der Waals surface area contributed by atoms with E-state index in [9.17, 15) is 45.6 Å². The lowest BCUT2D eigenvalue weighted by molar-refractivity contribution is -0.359. The predicted molar refractivity (Wildman–Crippen MR) is 424 cm³/mol. The second kappa shape index (κ2) is 70.1. The van der Waals surface area contributed by atoms with E-state index in [1.807, 2.05) is 6.08 Å². The fourth-order valence-corrected chi connectivity index (χ4v) is 12.8. The Balaban J connectivity index is 1.65. The Morgan fingerprint density at radius 2 is 0.686 bits per heavy atom. The summed E-state index contributed by atoms with van der Waals surface area (Å²) < 4.78 is 22.9. The molecule has 14 heteroatoms. The highest BCUT2D eigenvalue weighted by Crippen LogP contribution is 2.30. The lowest BCUT2D eigenvalue weighted by Crippen LogP contribution is -2.65. The van der Waals surface area contributed by atoms with Gasteiger partial charge >= 0.3 is 0 Å². The molecule has 0 aliphatic carbocycles. The van der Waals surface area contributed by atoms with Crippen LogP contribution in [0.25, 0.3) is 0 Å². The van der Waals surface area contributed by atoms with Crippen LogP contribution in [0.2, 0.25) is 0 Å². The zero-order valence-electron chi connectivity index (χ0n) is 64.3. The van der Waals surface area contributed by atoms with Gasteiger partial charge in [-0.05, 0) is 109 Å². The van der Waals surface area contributed by atoms with Gasteiger partial charge in [-0.3, -0.25) is 4.79 Å². The number of amides is 1. The van der Waals surface area contributed by atoms with Crippen molar-refractivity contribution in [3.05, 3.63) is 134 Å². The normalized spacial score (nSPS) is 22.4. The van der Waals surface area contributed by atoms with Gasteiger partial charge in [-0.1, -0.05) is 340 Å². The van der Waals surface area contributed by atoms with Gasteiger partial charge in [-0.25, -0.2) is 0 Å². The van der Waals surface area contributed by atoms with Crippen LogP contribution in [0.5, 0.6) is 0 Å². The van der Waals surface area contributed by atoms with Gasteiger partial charge in [0, 0.05) is 6.42 Å². The van der Waals surface area contributed by atoms with Gasteiger partial charge in [0.25, 0.3) is 0 Å². The van der Waals surface area contributed by atoms with E-state index in [0.29, 0.717) is 12.8 Å². The molecule has 2 aliphatic rings. The summed E-state index contributed by atoms with van der Waals surface area (Å²) in [6.45, 7) is 2.69. The number of carbonyl (C=O) groups is 1. The third-order valence-electron chi connectivity index (χ3n) is 19.3. The van der Waals surface area contributed by atoms with Crippen molar-refractivity contribution in [2.75, 3.05) is 19.8 Å². The first-order chi connectivity index (χ1) is 50.1. The topological polar surface area (TPSA) is 228 Å². The number of hydrogen-bond donors (Lipinski definition) is 9. The second-order valence-corrected chi connectivity index (χ2v) is 28.5. The molecular formula is C88H151NO13. The van der Waals surface area contributed by atoms with Crippen LogP contribution < -0.4 is 5.32 Å². The molecule has 0 saturated carbocycles. The van der Waals surface area contributed by atoms with Crippen molar-refractivity contribution >= 4 is 5.91 Å². The molecule has 2 aliphatic heterocycles. The molecule has 0 spiro atoms. The van der Waals surface area contributed by atoms with Crippen molar-refractivity contribution in [1.29, 1.82) is 0 Å². The average molecular weight is 1430 g/mol. The summed E-state index contributed by atoms with van der Waals surface area (Å²) in [5.74, 6) is -0.260. The smallest absolute Gasteiger partial charge is 0.220 e. The van der Waals surface area contributed by atoms with Crippen LogP contribution in [-0.2, 0) is 23.7 Å². The van der Waals surface area contributed by atoms with Crippen molar-refractivity contribution < 1.29 is 64.6 Å². The predicted octanol–water partition coefficient (Wildman–Crippen LogP) is 19.4. The highest BCUT2D eigenvalue weighted by Gasteiger charge is 2.51. The van der Waals surface area contributed by atoms with Crippen molar-refractivity contribution in [3.8, 4) is 0 Å². The zero-order valence-corrected chi connectivity index (χ0v) is 64.3. The van der Waals surface area contributed by atoms with E-state index in [1.165, 1.54) is 186 Å². The lowest BCUT2D eigenvalue weighted by atomic mass is 9.97. The van der Waals surface area contributed by atoms with Gasteiger partial charge in [0.15, 0.2) is 12.6 Å². The Morgan fingerprint density at radius 1 is 0.363 bits per heavy atom. The monoisotopic (exact) mass is 1430 g/mol. The quantitative estimate of drug-likeness (QED) is 0.0204. The molecule has 102 heavy (non-hydrogen) atoms. The van der Waals surface area contributed by atoms with Gasteiger partial charge in [0.1, 0.15) is 48.8 Å². The average Bonchev–Trinajstić information content (AvgIpc) is 0.790. The van der Waals surface area contributed by atoms with Crippen LogP contribution in [0.1, 0.15) is 322 Å². The molecule has 9 N–H and O–H groups in total. The standard InChI is InChI=1S/C88H151NO13/c1-3-5-7-9-11-13-15-17-19-21-23-25-27-29-31-33-35-37-38-40-42-44-46-48-50-52-54-56-58-60-62-64-66-68-70-72-80(93)89-76(75-99-87-85(98)83(96)86(79(74-91)101-87)102-88-84(97)82(95)81(94)78(73-90)100-88)77(92)71-69-67-65-63-61-59-57-55-53-51-49-47-45-43-41-39-36-34-32-30-28-26-24-22-20-18-16-14-12-10-8-6-4-2/h5,7,11,13,17,19,23,25,29,31,35,37,40,42,46,48,53,55,61,63,69,71,76-79,81-88,90-92,94-98H,3-4,6,8-10,12,14-16,18,20-22,24,26-28,30,32-34,36,38-39,41,43-45,47,49-52,54,56-60,62,64-68,70,72-75H2,1-2H3,(H,89,93)/b7-5-,13-11-,19-17-,25-23-,31-29-,37-35-,42-40-,48-46-,55-53+,63-61+,71-69+. The minimum Gasteiger partial charge on any atom is -0.394 e. The van der Waals surface area contributed by atoms with Crippen LogP contribution in [0.3, 0.4) is 0 Å². The number of allylic oxidation sites excluding steroid dienone is 21. The molecule has 2 heterocycles. The first kappa shape index (κ1) is 94.2. The van der Waals surface area contributed by atoms with Crippen molar-refractivity contribution in [2.24, 2.45) is 0 Å². The molecule has 2 fully saturated rings. The molecule has 1 amide bonds. The van der Waals surface area contributed by atoms with E-state index in [1.54, 1.807) is 6.08 Å².